The summed E-state index contributed by atoms with van der Waals surface area (Å²) in [5.41, 5.74) is 1.13. The first-order valence-electron chi connectivity index (χ1n) is 7.69. The van der Waals surface area contributed by atoms with E-state index >= 15 is 0 Å². The van der Waals surface area contributed by atoms with Gasteiger partial charge in [-0.15, -0.1) is 0 Å². The van der Waals surface area contributed by atoms with E-state index in [1.807, 2.05) is 12.1 Å². The van der Waals surface area contributed by atoms with Crippen LogP contribution in [0, 0.1) is 5.92 Å². The molecule has 0 aromatic heterocycles. The van der Waals surface area contributed by atoms with Gasteiger partial charge < -0.3 is 10.1 Å². The maximum absolute atomic E-state index is 5.80. The van der Waals surface area contributed by atoms with E-state index < -0.39 is 0 Å². The predicted molar refractivity (Wildman–Crippen MR) is 84.0 cm³/mol. The van der Waals surface area contributed by atoms with Crippen molar-refractivity contribution in [3.05, 3.63) is 24.3 Å². The Kier molecular flexibility index (Phi) is 7.39. The maximum Gasteiger partial charge on any atom is 0.142 e. The molecule has 1 N–H and O–H groups in total. The minimum Gasteiger partial charge on any atom is -0.491 e. The lowest BCUT2D eigenvalue weighted by molar-refractivity contribution is 0.318. The van der Waals surface area contributed by atoms with Crippen LogP contribution < -0.4 is 10.1 Å². The van der Waals surface area contributed by atoms with Gasteiger partial charge in [-0.25, -0.2) is 0 Å². The molecule has 0 amide bonds. The van der Waals surface area contributed by atoms with E-state index in [-0.39, 0.29) is 0 Å². The fourth-order valence-corrected chi connectivity index (χ4v) is 2.12. The molecule has 0 aliphatic heterocycles. The van der Waals surface area contributed by atoms with Crippen LogP contribution in [0.3, 0.4) is 0 Å². The Bertz CT molecular complexity index is 351. The zero-order valence-electron chi connectivity index (χ0n) is 12.9. The summed E-state index contributed by atoms with van der Waals surface area (Å²) in [6.45, 7) is 9.74. The quantitative estimate of drug-likeness (QED) is 0.669. The average Bonchev–Trinajstić information content (AvgIpc) is 2.45. The van der Waals surface area contributed by atoms with Gasteiger partial charge in [0.1, 0.15) is 5.75 Å². The van der Waals surface area contributed by atoms with Crippen LogP contribution in [0.4, 0.5) is 5.69 Å². The third kappa shape index (κ3) is 5.54. The van der Waals surface area contributed by atoms with Gasteiger partial charge in [-0.1, -0.05) is 46.2 Å². The summed E-state index contributed by atoms with van der Waals surface area (Å²) in [4.78, 5) is 0. The lowest BCUT2D eigenvalue weighted by atomic mass is 9.97. The molecule has 108 valence electrons. The highest BCUT2D eigenvalue weighted by Gasteiger charge is 2.12. The molecule has 0 saturated heterocycles. The molecular formula is C17H29NO. The number of nitrogens with one attached hydrogen (secondary N) is 1. The standard InChI is InChI=1S/C17H29NO/c1-5-12-19-17-11-9-8-10-16(17)18-15(7-3)13-14(4)6-2/h8-11,14-15,18H,5-7,12-13H2,1-4H3. The summed E-state index contributed by atoms with van der Waals surface area (Å²) in [5.74, 6) is 1.74. The highest BCUT2D eigenvalue weighted by Crippen LogP contribution is 2.26. The number of anilines is 1. The molecule has 2 heteroatoms. The number of para-hydroxylation sites is 2. The molecular weight excluding hydrogens is 234 g/mol. The fourth-order valence-electron chi connectivity index (χ4n) is 2.12. The minimum atomic E-state index is 0.529. The lowest BCUT2D eigenvalue weighted by Gasteiger charge is -2.23. The molecule has 2 atom stereocenters. The van der Waals surface area contributed by atoms with Gasteiger partial charge >= 0.3 is 0 Å². The van der Waals surface area contributed by atoms with Gasteiger partial charge in [0, 0.05) is 6.04 Å². The van der Waals surface area contributed by atoms with Gasteiger partial charge in [0.25, 0.3) is 0 Å². The summed E-state index contributed by atoms with van der Waals surface area (Å²) in [5, 5.41) is 3.65. The molecule has 0 saturated carbocycles. The van der Waals surface area contributed by atoms with E-state index in [0.717, 1.165) is 36.8 Å². The van der Waals surface area contributed by atoms with Crippen LogP contribution in [0.2, 0.25) is 0 Å². The van der Waals surface area contributed by atoms with E-state index in [2.05, 4.69) is 45.1 Å². The second kappa shape index (κ2) is 8.84. The molecule has 1 aromatic rings. The highest BCUT2D eigenvalue weighted by molar-refractivity contribution is 5.56. The molecule has 0 fully saturated rings. The molecule has 2 unspecified atom stereocenters. The van der Waals surface area contributed by atoms with Crippen LogP contribution in [0.15, 0.2) is 24.3 Å². The second-order valence-corrected chi connectivity index (χ2v) is 5.34. The fraction of sp³-hybridized carbons (Fsp3) is 0.647. The zero-order valence-corrected chi connectivity index (χ0v) is 12.9. The molecule has 0 aliphatic carbocycles. The summed E-state index contributed by atoms with van der Waals surface area (Å²) >= 11 is 0. The number of hydrogen-bond donors (Lipinski definition) is 1. The smallest absolute Gasteiger partial charge is 0.142 e. The van der Waals surface area contributed by atoms with Gasteiger partial charge in [0.15, 0.2) is 0 Å². The summed E-state index contributed by atoms with van der Waals surface area (Å²) in [7, 11) is 0. The monoisotopic (exact) mass is 263 g/mol. The molecule has 2 nitrogen and oxygen atoms in total. The molecule has 0 heterocycles. The second-order valence-electron chi connectivity index (χ2n) is 5.34. The Labute approximate surface area is 118 Å². The molecule has 0 radical (unpaired) electrons. The van der Waals surface area contributed by atoms with Crippen LogP contribution in [-0.4, -0.2) is 12.6 Å². The third-order valence-corrected chi connectivity index (χ3v) is 3.58. The summed E-state index contributed by atoms with van der Waals surface area (Å²) in [6, 6.07) is 8.79. The van der Waals surface area contributed by atoms with Gasteiger partial charge in [-0.2, -0.15) is 0 Å². The first-order chi connectivity index (χ1) is 9.21. The van der Waals surface area contributed by atoms with Gasteiger partial charge in [-0.05, 0) is 37.3 Å². The Hall–Kier alpha value is -1.18. The van der Waals surface area contributed by atoms with Crippen LogP contribution in [0.1, 0.15) is 53.4 Å². The molecule has 0 spiro atoms. The van der Waals surface area contributed by atoms with Crippen molar-refractivity contribution in [1.82, 2.24) is 0 Å². The van der Waals surface area contributed by atoms with Crippen LogP contribution in [-0.2, 0) is 0 Å². The van der Waals surface area contributed by atoms with E-state index in [9.17, 15) is 0 Å². The van der Waals surface area contributed by atoms with Crippen molar-refractivity contribution in [2.75, 3.05) is 11.9 Å². The van der Waals surface area contributed by atoms with E-state index in [0.29, 0.717) is 6.04 Å². The normalized spacial score (nSPS) is 13.9. The Morgan fingerprint density at radius 2 is 1.84 bits per heavy atom. The maximum atomic E-state index is 5.80. The van der Waals surface area contributed by atoms with Crippen molar-refractivity contribution in [2.24, 2.45) is 5.92 Å². The van der Waals surface area contributed by atoms with E-state index in [1.54, 1.807) is 0 Å². The largest absolute Gasteiger partial charge is 0.491 e. The number of rotatable bonds is 9. The van der Waals surface area contributed by atoms with Crippen LogP contribution >= 0.6 is 0 Å². The average molecular weight is 263 g/mol. The minimum absolute atomic E-state index is 0.529. The zero-order chi connectivity index (χ0) is 14.1. The van der Waals surface area contributed by atoms with Crippen LogP contribution in [0.25, 0.3) is 0 Å². The Morgan fingerprint density at radius 3 is 2.47 bits per heavy atom. The van der Waals surface area contributed by atoms with Gasteiger partial charge in [-0.3, -0.25) is 0 Å². The van der Waals surface area contributed by atoms with Crippen molar-refractivity contribution in [2.45, 2.75) is 59.4 Å². The number of benzene rings is 1. The third-order valence-electron chi connectivity index (χ3n) is 3.58. The van der Waals surface area contributed by atoms with Crippen LogP contribution in [0.5, 0.6) is 5.75 Å². The molecule has 0 bridgehead atoms. The summed E-state index contributed by atoms with van der Waals surface area (Å²) in [6.07, 6.45) is 4.64. The predicted octanol–water partition coefficient (Wildman–Crippen LogP) is 5.10. The topological polar surface area (TPSA) is 21.3 Å². The van der Waals surface area contributed by atoms with Gasteiger partial charge in [0.2, 0.25) is 0 Å². The first kappa shape index (κ1) is 15.9. The molecule has 1 aromatic carbocycles. The SMILES string of the molecule is CCCOc1ccccc1NC(CC)CC(C)CC. The van der Waals surface area contributed by atoms with Crippen molar-refractivity contribution in [3.63, 3.8) is 0 Å². The molecule has 19 heavy (non-hydrogen) atoms. The molecule has 1 rings (SSSR count). The number of ether oxygens (including phenoxy) is 1. The van der Waals surface area contributed by atoms with Crippen molar-refractivity contribution in [3.8, 4) is 5.75 Å². The summed E-state index contributed by atoms with van der Waals surface area (Å²) < 4.78 is 5.80. The van der Waals surface area contributed by atoms with E-state index in [1.165, 1.54) is 12.8 Å². The van der Waals surface area contributed by atoms with Crippen molar-refractivity contribution in [1.29, 1.82) is 0 Å². The molecule has 0 aliphatic rings. The highest BCUT2D eigenvalue weighted by atomic mass is 16.5. The van der Waals surface area contributed by atoms with Crippen molar-refractivity contribution >= 4 is 5.69 Å². The first-order valence-corrected chi connectivity index (χ1v) is 7.69. The van der Waals surface area contributed by atoms with E-state index in [4.69, 9.17) is 4.74 Å². The Morgan fingerprint density at radius 1 is 1.11 bits per heavy atom. The number of hydrogen-bond acceptors (Lipinski definition) is 2. The van der Waals surface area contributed by atoms with Crippen molar-refractivity contribution < 1.29 is 4.74 Å². The Balaban J connectivity index is 2.67. The van der Waals surface area contributed by atoms with Gasteiger partial charge in [0.05, 0.1) is 12.3 Å². The lowest BCUT2D eigenvalue weighted by Crippen LogP contribution is -2.21.